The van der Waals surface area contributed by atoms with Gasteiger partial charge in [0.25, 0.3) is 0 Å². The number of halogens is 4. The van der Waals surface area contributed by atoms with Crippen LogP contribution in [0.3, 0.4) is 0 Å². The van der Waals surface area contributed by atoms with Crippen molar-refractivity contribution in [2.75, 3.05) is 26.7 Å². The molecule has 0 aliphatic carbocycles. The Morgan fingerprint density at radius 3 is 2.42 bits per heavy atom. The minimum absolute atomic E-state index is 0. The highest BCUT2D eigenvalue weighted by Crippen LogP contribution is 2.20. The summed E-state index contributed by atoms with van der Waals surface area (Å²) in [5, 5.41) is 5.63. The number of likely N-dealkylation sites (tertiary alicyclic amines) is 1. The molecule has 1 fully saturated rings. The van der Waals surface area contributed by atoms with Crippen molar-refractivity contribution in [3.05, 3.63) is 0 Å². The van der Waals surface area contributed by atoms with Crippen LogP contribution in [-0.2, 0) is 4.74 Å². The molecular weight excluding hydrogens is 464 g/mol. The quantitative estimate of drug-likeness (QED) is 0.357. The summed E-state index contributed by atoms with van der Waals surface area (Å²) in [6, 6.07) is -0.0789. The van der Waals surface area contributed by atoms with Crippen LogP contribution in [0, 0.1) is 0 Å². The lowest BCUT2D eigenvalue weighted by molar-refractivity contribution is -0.132. The van der Waals surface area contributed by atoms with Gasteiger partial charge in [-0.25, -0.2) is 4.79 Å². The van der Waals surface area contributed by atoms with Gasteiger partial charge in [0.1, 0.15) is 5.60 Å². The maximum absolute atomic E-state index is 12.3. The molecule has 1 atom stereocenters. The second-order valence-corrected chi connectivity index (χ2v) is 7.07. The van der Waals surface area contributed by atoms with Gasteiger partial charge in [0, 0.05) is 26.7 Å². The Bertz CT molecular complexity index is 467. The molecule has 0 spiro atoms. The molecule has 1 heterocycles. The van der Waals surface area contributed by atoms with Crippen LogP contribution in [0.1, 0.15) is 46.5 Å². The van der Waals surface area contributed by atoms with Crippen LogP contribution >= 0.6 is 24.0 Å². The fourth-order valence-electron chi connectivity index (χ4n) is 2.53. The highest BCUT2D eigenvalue weighted by atomic mass is 127. The number of carbonyl (C=O) groups excluding carboxylic acids is 1. The monoisotopic (exact) mass is 494 g/mol. The van der Waals surface area contributed by atoms with Gasteiger partial charge in [-0.05, 0) is 40.0 Å². The standard InChI is InChI=1S/C16H29F3N4O2.HI/c1-15(2,3)25-14(24)23-10-6-5-7-12(23)11-22-13(20-4)21-9-8-16(17,18)19;/h12H,5-11H2,1-4H3,(H2,20,21,22);1H. The number of piperidine rings is 1. The average molecular weight is 494 g/mol. The Balaban J connectivity index is 0.00000625. The number of carbonyl (C=O) groups is 1. The number of alkyl halides is 3. The van der Waals surface area contributed by atoms with Gasteiger partial charge in [-0.1, -0.05) is 0 Å². The smallest absolute Gasteiger partial charge is 0.410 e. The molecule has 1 amide bonds. The minimum Gasteiger partial charge on any atom is -0.444 e. The number of rotatable bonds is 4. The summed E-state index contributed by atoms with van der Waals surface area (Å²) in [6.07, 6.45) is -2.78. The summed E-state index contributed by atoms with van der Waals surface area (Å²) in [5.41, 5.74) is -0.568. The SMILES string of the molecule is CN=C(NCCC(F)(F)F)NCC1CCCCN1C(=O)OC(C)(C)C.I. The molecular formula is C16H30F3IN4O2. The van der Waals surface area contributed by atoms with Gasteiger partial charge in [-0.15, -0.1) is 24.0 Å². The van der Waals surface area contributed by atoms with E-state index in [1.165, 1.54) is 7.05 Å². The number of amides is 1. The first kappa shape index (κ1) is 25.1. The molecule has 0 bridgehead atoms. The van der Waals surface area contributed by atoms with Crippen molar-refractivity contribution >= 4 is 36.0 Å². The van der Waals surface area contributed by atoms with Crippen molar-refractivity contribution < 1.29 is 22.7 Å². The summed E-state index contributed by atoms with van der Waals surface area (Å²) in [7, 11) is 1.50. The highest BCUT2D eigenvalue weighted by Gasteiger charge is 2.30. The van der Waals surface area contributed by atoms with E-state index in [0.29, 0.717) is 19.0 Å². The van der Waals surface area contributed by atoms with E-state index in [2.05, 4.69) is 15.6 Å². The third kappa shape index (κ3) is 10.3. The highest BCUT2D eigenvalue weighted by molar-refractivity contribution is 14.0. The molecule has 0 saturated carbocycles. The molecule has 154 valence electrons. The third-order valence-electron chi connectivity index (χ3n) is 3.68. The maximum Gasteiger partial charge on any atom is 0.410 e. The summed E-state index contributed by atoms with van der Waals surface area (Å²) in [4.78, 5) is 17.9. The van der Waals surface area contributed by atoms with Crippen LogP contribution in [0.4, 0.5) is 18.0 Å². The van der Waals surface area contributed by atoms with Crippen LogP contribution in [0.25, 0.3) is 0 Å². The van der Waals surface area contributed by atoms with Crippen molar-refractivity contribution in [3.8, 4) is 0 Å². The summed E-state index contributed by atoms with van der Waals surface area (Å²) in [6.45, 7) is 6.22. The van der Waals surface area contributed by atoms with Gasteiger partial charge in [0.2, 0.25) is 0 Å². The molecule has 1 aliphatic rings. The molecule has 26 heavy (non-hydrogen) atoms. The Labute approximate surface area is 170 Å². The molecule has 1 rings (SSSR count). The van der Waals surface area contributed by atoms with E-state index in [4.69, 9.17) is 4.74 Å². The number of aliphatic imine (C=N–C) groups is 1. The van der Waals surface area contributed by atoms with Gasteiger partial charge in [-0.3, -0.25) is 4.99 Å². The van der Waals surface area contributed by atoms with E-state index in [1.54, 1.807) is 4.90 Å². The van der Waals surface area contributed by atoms with E-state index < -0.39 is 18.2 Å². The number of nitrogens with one attached hydrogen (secondary N) is 2. The third-order valence-corrected chi connectivity index (χ3v) is 3.68. The maximum atomic E-state index is 12.3. The van der Waals surface area contributed by atoms with Crippen LogP contribution in [0.5, 0.6) is 0 Å². The number of nitrogens with zero attached hydrogens (tertiary/aromatic N) is 2. The molecule has 0 radical (unpaired) electrons. The predicted molar refractivity (Wildman–Crippen MR) is 106 cm³/mol. The fourth-order valence-corrected chi connectivity index (χ4v) is 2.53. The second kappa shape index (κ2) is 11.0. The van der Waals surface area contributed by atoms with Crippen molar-refractivity contribution in [3.63, 3.8) is 0 Å². The first-order chi connectivity index (χ1) is 11.5. The molecule has 1 aliphatic heterocycles. The molecule has 1 unspecified atom stereocenters. The largest absolute Gasteiger partial charge is 0.444 e. The lowest BCUT2D eigenvalue weighted by Gasteiger charge is -2.37. The predicted octanol–water partition coefficient (Wildman–Crippen LogP) is 3.51. The summed E-state index contributed by atoms with van der Waals surface area (Å²) >= 11 is 0. The lowest BCUT2D eigenvalue weighted by Crippen LogP contribution is -2.52. The molecule has 0 aromatic heterocycles. The molecule has 0 aromatic carbocycles. The van der Waals surface area contributed by atoms with Crippen molar-refractivity contribution in [1.29, 1.82) is 0 Å². The van der Waals surface area contributed by atoms with E-state index in [0.717, 1.165) is 19.3 Å². The van der Waals surface area contributed by atoms with Crippen molar-refractivity contribution in [2.45, 2.75) is 64.3 Å². The van der Waals surface area contributed by atoms with Gasteiger partial charge >= 0.3 is 12.3 Å². The van der Waals surface area contributed by atoms with Crippen LogP contribution in [0.2, 0.25) is 0 Å². The average Bonchev–Trinajstić information content (AvgIpc) is 2.48. The zero-order valence-corrected chi connectivity index (χ0v) is 18.1. The minimum atomic E-state index is -4.21. The molecule has 6 nitrogen and oxygen atoms in total. The normalized spacial score (nSPS) is 18.8. The fraction of sp³-hybridized carbons (Fsp3) is 0.875. The lowest BCUT2D eigenvalue weighted by atomic mass is 10.0. The van der Waals surface area contributed by atoms with Gasteiger partial charge in [0.15, 0.2) is 5.96 Å². The molecule has 1 saturated heterocycles. The van der Waals surface area contributed by atoms with Gasteiger partial charge in [0.05, 0.1) is 12.5 Å². The van der Waals surface area contributed by atoms with Gasteiger partial charge in [-0.2, -0.15) is 13.2 Å². The van der Waals surface area contributed by atoms with Crippen LogP contribution < -0.4 is 10.6 Å². The number of hydrogen-bond donors (Lipinski definition) is 2. The van der Waals surface area contributed by atoms with Crippen molar-refractivity contribution in [2.24, 2.45) is 4.99 Å². The van der Waals surface area contributed by atoms with E-state index in [-0.39, 0.29) is 42.7 Å². The molecule has 0 aromatic rings. The van der Waals surface area contributed by atoms with Crippen molar-refractivity contribution in [1.82, 2.24) is 15.5 Å². The first-order valence-electron chi connectivity index (χ1n) is 8.53. The molecule has 2 N–H and O–H groups in total. The summed E-state index contributed by atoms with van der Waals surface area (Å²) < 4.78 is 42.0. The topological polar surface area (TPSA) is 66.0 Å². The summed E-state index contributed by atoms with van der Waals surface area (Å²) in [5.74, 6) is 0.291. The number of hydrogen-bond acceptors (Lipinski definition) is 3. The second-order valence-electron chi connectivity index (χ2n) is 7.07. The Morgan fingerprint density at radius 1 is 1.23 bits per heavy atom. The van der Waals surface area contributed by atoms with E-state index >= 15 is 0 Å². The Kier molecular flexibility index (Phi) is 10.6. The number of guanidine groups is 1. The zero-order chi connectivity index (χ0) is 19.1. The van der Waals surface area contributed by atoms with E-state index in [1.807, 2.05) is 20.8 Å². The van der Waals surface area contributed by atoms with Crippen LogP contribution in [0.15, 0.2) is 4.99 Å². The zero-order valence-electron chi connectivity index (χ0n) is 15.8. The Morgan fingerprint density at radius 2 is 1.88 bits per heavy atom. The molecule has 10 heteroatoms. The van der Waals surface area contributed by atoms with Gasteiger partial charge < -0.3 is 20.3 Å². The van der Waals surface area contributed by atoms with Crippen LogP contribution in [-0.4, -0.2) is 61.5 Å². The van der Waals surface area contributed by atoms with E-state index in [9.17, 15) is 18.0 Å². The Hall–Kier alpha value is -0.940. The first-order valence-corrected chi connectivity index (χ1v) is 8.53. The number of ether oxygens (including phenoxy) is 1.